The van der Waals surface area contributed by atoms with Crippen molar-refractivity contribution >= 4 is 33.6 Å². The Kier molecular flexibility index (Phi) is 4.13. The molecule has 0 saturated heterocycles. The maximum atomic E-state index is 11.7. The van der Waals surface area contributed by atoms with Gasteiger partial charge in [-0.15, -0.1) is 11.3 Å². The first kappa shape index (κ1) is 17.0. The van der Waals surface area contributed by atoms with Crippen molar-refractivity contribution in [3.8, 4) is 11.3 Å². The van der Waals surface area contributed by atoms with E-state index in [1.165, 1.54) is 5.56 Å². The van der Waals surface area contributed by atoms with E-state index in [9.17, 15) is 4.79 Å². The third kappa shape index (κ3) is 2.86. The number of thiazole rings is 1. The van der Waals surface area contributed by atoms with Crippen LogP contribution >= 0.6 is 11.3 Å². The lowest BCUT2D eigenvalue weighted by molar-refractivity contribution is -0.116. The third-order valence-electron chi connectivity index (χ3n) is 5.22. The molecule has 0 unspecified atom stereocenters. The summed E-state index contributed by atoms with van der Waals surface area (Å²) in [6, 6.07) is 16.6. The minimum atomic E-state index is 0.103. The van der Waals surface area contributed by atoms with E-state index in [0.717, 1.165) is 46.3 Å². The van der Waals surface area contributed by atoms with Crippen molar-refractivity contribution in [1.29, 1.82) is 0 Å². The predicted molar refractivity (Wildman–Crippen MR) is 114 cm³/mol. The number of carbonyl (C=O) groups is 1. The van der Waals surface area contributed by atoms with Crippen LogP contribution in [0.2, 0.25) is 0 Å². The molecule has 5 nitrogen and oxygen atoms in total. The fourth-order valence-corrected chi connectivity index (χ4v) is 4.59. The Morgan fingerprint density at radius 1 is 1.21 bits per heavy atom. The van der Waals surface area contributed by atoms with Gasteiger partial charge in [-0.2, -0.15) is 0 Å². The Balaban J connectivity index is 1.44. The lowest BCUT2D eigenvalue weighted by Crippen LogP contribution is -2.25. The highest BCUT2D eigenvalue weighted by atomic mass is 32.1. The van der Waals surface area contributed by atoms with Gasteiger partial charge in [0.1, 0.15) is 0 Å². The first-order valence-electron chi connectivity index (χ1n) is 9.35. The summed E-state index contributed by atoms with van der Waals surface area (Å²) >= 11 is 1.64. The minimum Gasteiger partial charge on any atom is -0.379 e. The van der Waals surface area contributed by atoms with Gasteiger partial charge in [0.2, 0.25) is 5.91 Å². The maximum Gasteiger partial charge on any atom is 0.223 e. The SMILES string of the molecule is CC(=O)N1CCc2cc(NCc3c(-c4ccccc4)nc4sccn34)ccc21. The number of fused-ring (bicyclic) bond motifs is 2. The highest BCUT2D eigenvalue weighted by Crippen LogP contribution is 2.31. The van der Waals surface area contributed by atoms with E-state index in [0.29, 0.717) is 6.54 Å². The molecule has 0 atom stereocenters. The van der Waals surface area contributed by atoms with Crippen LogP contribution in [0.5, 0.6) is 0 Å². The van der Waals surface area contributed by atoms with Crippen molar-refractivity contribution < 1.29 is 4.79 Å². The molecule has 1 aliphatic rings. The van der Waals surface area contributed by atoms with Crippen molar-refractivity contribution in [1.82, 2.24) is 9.38 Å². The topological polar surface area (TPSA) is 49.6 Å². The van der Waals surface area contributed by atoms with Crippen molar-refractivity contribution in [2.75, 3.05) is 16.8 Å². The van der Waals surface area contributed by atoms with E-state index < -0.39 is 0 Å². The second-order valence-corrected chi connectivity index (χ2v) is 7.82. The average Bonchev–Trinajstić information content (AvgIpc) is 3.41. The number of nitrogens with zero attached hydrogens (tertiary/aromatic N) is 3. The Labute approximate surface area is 167 Å². The van der Waals surface area contributed by atoms with Crippen LogP contribution in [0.4, 0.5) is 11.4 Å². The summed E-state index contributed by atoms with van der Waals surface area (Å²) in [7, 11) is 0. The zero-order valence-corrected chi connectivity index (χ0v) is 16.4. The van der Waals surface area contributed by atoms with Crippen LogP contribution in [-0.4, -0.2) is 21.8 Å². The van der Waals surface area contributed by atoms with Gasteiger partial charge in [0, 0.05) is 42.0 Å². The molecule has 4 aromatic rings. The molecule has 0 fully saturated rings. The zero-order chi connectivity index (χ0) is 19.1. The third-order valence-corrected chi connectivity index (χ3v) is 5.98. The molecule has 5 rings (SSSR count). The number of benzene rings is 2. The molecule has 2 aromatic carbocycles. The fraction of sp³-hybridized carbons (Fsp3) is 0.182. The molecule has 1 N–H and O–H groups in total. The van der Waals surface area contributed by atoms with Gasteiger partial charge in [0.25, 0.3) is 0 Å². The summed E-state index contributed by atoms with van der Waals surface area (Å²) in [4.78, 5) is 19.4. The molecule has 0 radical (unpaired) electrons. The molecular formula is C22H20N4OS. The summed E-state index contributed by atoms with van der Waals surface area (Å²) in [6.45, 7) is 3.07. The van der Waals surface area contributed by atoms with Crippen LogP contribution in [0.1, 0.15) is 18.2 Å². The van der Waals surface area contributed by atoms with Gasteiger partial charge in [-0.05, 0) is 30.2 Å². The first-order chi connectivity index (χ1) is 13.7. The number of amides is 1. The molecule has 1 aliphatic heterocycles. The van der Waals surface area contributed by atoms with Crippen molar-refractivity contribution in [2.45, 2.75) is 19.9 Å². The monoisotopic (exact) mass is 388 g/mol. The minimum absolute atomic E-state index is 0.103. The van der Waals surface area contributed by atoms with Gasteiger partial charge >= 0.3 is 0 Å². The van der Waals surface area contributed by atoms with E-state index in [-0.39, 0.29) is 5.91 Å². The largest absolute Gasteiger partial charge is 0.379 e. The summed E-state index contributed by atoms with van der Waals surface area (Å²) < 4.78 is 2.16. The van der Waals surface area contributed by atoms with E-state index in [1.807, 2.05) is 35.2 Å². The Morgan fingerprint density at radius 3 is 2.89 bits per heavy atom. The number of hydrogen-bond donors (Lipinski definition) is 1. The highest BCUT2D eigenvalue weighted by Gasteiger charge is 2.22. The molecule has 3 heterocycles. The molecule has 6 heteroatoms. The van der Waals surface area contributed by atoms with E-state index >= 15 is 0 Å². The standard InChI is InChI=1S/C22H20N4OS/c1-15(27)25-10-9-17-13-18(7-8-19(17)25)23-14-20-21(16-5-3-2-4-6-16)24-22-26(20)11-12-28-22/h2-8,11-13,23H,9-10,14H2,1H3. The van der Waals surface area contributed by atoms with E-state index in [4.69, 9.17) is 4.98 Å². The van der Waals surface area contributed by atoms with E-state index in [2.05, 4.69) is 39.5 Å². The molecule has 0 spiro atoms. The van der Waals surface area contributed by atoms with Crippen molar-refractivity contribution in [2.24, 2.45) is 0 Å². The van der Waals surface area contributed by atoms with Gasteiger partial charge in [-0.3, -0.25) is 9.20 Å². The van der Waals surface area contributed by atoms with Crippen molar-refractivity contribution in [3.05, 3.63) is 71.4 Å². The van der Waals surface area contributed by atoms with Crippen LogP contribution in [0.15, 0.2) is 60.1 Å². The number of carbonyl (C=O) groups excluding carboxylic acids is 1. The summed E-state index contributed by atoms with van der Waals surface area (Å²) in [5.41, 5.74) is 6.61. The molecule has 2 aromatic heterocycles. The molecular weight excluding hydrogens is 368 g/mol. The fourth-order valence-electron chi connectivity index (χ4n) is 3.85. The Hall–Kier alpha value is -3.12. The van der Waals surface area contributed by atoms with Gasteiger partial charge in [0.05, 0.1) is 17.9 Å². The second-order valence-electron chi connectivity index (χ2n) is 6.95. The van der Waals surface area contributed by atoms with Gasteiger partial charge in [0.15, 0.2) is 4.96 Å². The first-order valence-corrected chi connectivity index (χ1v) is 10.2. The van der Waals surface area contributed by atoms with Crippen LogP contribution < -0.4 is 10.2 Å². The van der Waals surface area contributed by atoms with Crippen LogP contribution in [0.25, 0.3) is 16.2 Å². The average molecular weight is 388 g/mol. The molecule has 1 amide bonds. The summed E-state index contributed by atoms with van der Waals surface area (Å²) in [5.74, 6) is 0.103. The molecule has 140 valence electrons. The second kappa shape index (κ2) is 6.80. The smallest absolute Gasteiger partial charge is 0.223 e. The summed E-state index contributed by atoms with van der Waals surface area (Å²) in [5, 5.41) is 5.62. The zero-order valence-electron chi connectivity index (χ0n) is 15.6. The Bertz CT molecular complexity index is 1160. The quantitative estimate of drug-likeness (QED) is 0.557. The number of anilines is 2. The number of imidazole rings is 1. The maximum absolute atomic E-state index is 11.7. The number of hydrogen-bond acceptors (Lipinski definition) is 4. The van der Waals surface area contributed by atoms with Crippen molar-refractivity contribution in [3.63, 3.8) is 0 Å². The Morgan fingerprint density at radius 2 is 2.07 bits per heavy atom. The van der Waals surface area contributed by atoms with Crippen LogP contribution in [-0.2, 0) is 17.8 Å². The lowest BCUT2D eigenvalue weighted by Gasteiger charge is -2.15. The lowest BCUT2D eigenvalue weighted by atomic mass is 10.1. The highest BCUT2D eigenvalue weighted by molar-refractivity contribution is 7.15. The predicted octanol–water partition coefficient (Wildman–Crippen LogP) is 4.58. The number of aromatic nitrogens is 2. The number of nitrogens with one attached hydrogen (secondary N) is 1. The van der Waals surface area contributed by atoms with Gasteiger partial charge < -0.3 is 10.2 Å². The molecule has 0 saturated carbocycles. The van der Waals surface area contributed by atoms with Gasteiger partial charge in [-0.25, -0.2) is 4.98 Å². The summed E-state index contributed by atoms with van der Waals surface area (Å²) in [6.07, 6.45) is 2.98. The molecule has 0 aliphatic carbocycles. The van der Waals surface area contributed by atoms with Crippen LogP contribution in [0, 0.1) is 0 Å². The molecule has 28 heavy (non-hydrogen) atoms. The van der Waals surface area contributed by atoms with Crippen LogP contribution in [0.3, 0.4) is 0 Å². The number of rotatable bonds is 4. The molecule has 0 bridgehead atoms. The normalized spacial score (nSPS) is 13.1. The van der Waals surface area contributed by atoms with E-state index in [1.54, 1.807) is 18.3 Å². The van der Waals surface area contributed by atoms with Gasteiger partial charge in [-0.1, -0.05) is 30.3 Å².